The van der Waals surface area contributed by atoms with E-state index in [1.165, 1.54) is 6.20 Å². The van der Waals surface area contributed by atoms with Gasteiger partial charge in [-0.1, -0.05) is 56.9 Å². The first-order valence-corrected chi connectivity index (χ1v) is 11.4. The predicted octanol–water partition coefficient (Wildman–Crippen LogP) is 3.56. The molecule has 0 radical (unpaired) electrons. The van der Waals surface area contributed by atoms with E-state index in [1.54, 1.807) is 11.3 Å². The molecule has 0 spiro atoms. The van der Waals surface area contributed by atoms with Gasteiger partial charge in [-0.05, 0) is 25.5 Å². The highest BCUT2D eigenvalue weighted by Crippen LogP contribution is 2.23. The highest BCUT2D eigenvalue weighted by atomic mass is 32.1. The van der Waals surface area contributed by atoms with Crippen molar-refractivity contribution < 1.29 is 4.79 Å². The normalized spacial score (nSPS) is 12.4. The molecule has 3 aromatic rings. The standard InChI is InChI=1S/C23H21N5OS.C2H6/c1-15-14-30-23(28(15)3)25-16(2)17-9-7-8-10-18(17)27-22(29)21-13-24-19-11-5-4-6-12-20(19)26-21;1-2/h4-5,7-14H,2,6H2,1,3H3,(H,27,29);1-2H3. The quantitative estimate of drug-likeness (QED) is 0.668. The van der Waals surface area contributed by atoms with Crippen LogP contribution in [-0.2, 0) is 7.05 Å². The van der Waals surface area contributed by atoms with Crippen LogP contribution in [0, 0.1) is 6.92 Å². The molecule has 7 heteroatoms. The SMILES string of the molecule is C=C(N=c1scc(C)n1C)c1ccccc1NC(=O)c1cnc2c(n1)=CCC=CC=2.CC. The Balaban J connectivity index is 0.00000141. The number of aryl methyl sites for hydroxylation is 1. The van der Waals surface area contributed by atoms with Gasteiger partial charge in [0.15, 0.2) is 4.80 Å². The molecule has 0 saturated heterocycles. The molecule has 1 aliphatic rings. The second kappa shape index (κ2) is 10.6. The maximum absolute atomic E-state index is 12.9. The molecular weight excluding hydrogens is 418 g/mol. The molecule has 0 saturated carbocycles. The number of rotatable bonds is 4. The van der Waals surface area contributed by atoms with Crippen molar-refractivity contribution in [3.8, 4) is 0 Å². The van der Waals surface area contributed by atoms with Crippen molar-refractivity contribution >= 4 is 40.8 Å². The first-order chi connectivity index (χ1) is 15.5. The molecule has 32 heavy (non-hydrogen) atoms. The maximum atomic E-state index is 12.9. The molecular formula is C25H27N5OS. The van der Waals surface area contributed by atoms with Gasteiger partial charge in [0.05, 0.1) is 28.3 Å². The smallest absolute Gasteiger partial charge is 0.275 e. The molecule has 0 atom stereocenters. The number of hydrogen-bond donors (Lipinski definition) is 1. The van der Waals surface area contributed by atoms with Crippen LogP contribution in [0.25, 0.3) is 17.8 Å². The van der Waals surface area contributed by atoms with Gasteiger partial charge in [-0.15, -0.1) is 11.3 Å². The van der Waals surface area contributed by atoms with E-state index in [0.29, 0.717) is 16.7 Å². The van der Waals surface area contributed by atoms with Gasteiger partial charge in [-0.3, -0.25) is 9.78 Å². The van der Waals surface area contributed by atoms with Gasteiger partial charge in [0.25, 0.3) is 5.91 Å². The number of allylic oxidation sites excluding steroid dienone is 2. The summed E-state index contributed by atoms with van der Waals surface area (Å²) in [7, 11) is 1.96. The number of nitrogens with zero attached hydrogens (tertiary/aromatic N) is 4. The topological polar surface area (TPSA) is 72.2 Å². The zero-order valence-electron chi connectivity index (χ0n) is 18.8. The molecule has 2 heterocycles. The summed E-state index contributed by atoms with van der Waals surface area (Å²) < 4.78 is 2.00. The first-order valence-electron chi connectivity index (χ1n) is 10.5. The molecule has 1 amide bonds. The monoisotopic (exact) mass is 445 g/mol. The Morgan fingerprint density at radius 2 is 2.03 bits per heavy atom. The Labute approximate surface area is 191 Å². The third kappa shape index (κ3) is 5.18. The van der Waals surface area contributed by atoms with E-state index in [0.717, 1.165) is 27.8 Å². The van der Waals surface area contributed by atoms with Gasteiger partial charge in [0, 0.05) is 23.7 Å². The van der Waals surface area contributed by atoms with Crippen LogP contribution in [-0.4, -0.2) is 20.4 Å². The number of carbonyl (C=O) groups excluding carboxylic acids is 1. The second-order valence-corrected chi connectivity index (χ2v) is 7.67. The molecule has 1 N–H and O–H groups in total. The number of amides is 1. The fourth-order valence-corrected chi connectivity index (χ4v) is 3.87. The number of aromatic nitrogens is 3. The summed E-state index contributed by atoms with van der Waals surface area (Å²) in [6.07, 6.45) is 10.1. The minimum atomic E-state index is -0.325. The maximum Gasteiger partial charge on any atom is 0.275 e. The van der Waals surface area contributed by atoms with Gasteiger partial charge < -0.3 is 9.88 Å². The van der Waals surface area contributed by atoms with Crippen LogP contribution < -0.4 is 20.8 Å². The minimum absolute atomic E-state index is 0.262. The summed E-state index contributed by atoms with van der Waals surface area (Å²) in [5.41, 5.74) is 3.34. The van der Waals surface area contributed by atoms with Crippen molar-refractivity contribution in [2.45, 2.75) is 27.2 Å². The van der Waals surface area contributed by atoms with Crippen LogP contribution in [0.5, 0.6) is 0 Å². The van der Waals surface area contributed by atoms with Gasteiger partial charge in [-0.25, -0.2) is 9.98 Å². The molecule has 2 aromatic heterocycles. The predicted molar refractivity (Wildman–Crippen MR) is 132 cm³/mol. The van der Waals surface area contributed by atoms with Crippen molar-refractivity contribution in [2.75, 3.05) is 5.32 Å². The fraction of sp³-hybridized carbons (Fsp3) is 0.200. The van der Waals surface area contributed by atoms with Gasteiger partial charge >= 0.3 is 0 Å². The molecule has 0 bridgehead atoms. The number of benzene rings is 1. The van der Waals surface area contributed by atoms with E-state index in [4.69, 9.17) is 0 Å². The fourth-order valence-electron chi connectivity index (χ4n) is 2.97. The Bertz CT molecular complexity index is 1360. The van der Waals surface area contributed by atoms with E-state index in [2.05, 4.69) is 26.9 Å². The minimum Gasteiger partial charge on any atom is -0.324 e. The van der Waals surface area contributed by atoms with Crippen molar-refractivity contribution in [2.24, 2.45) is 12.0 Å². The molecule has 1 aromatic carbocycles. The van der Waals surface area contributed by atoms with Gasteiger partial charge in [-0.2, -0.15) is 0 Å². The zero-order chi connectivity index (χ0) is 23.1. The van der Waals surface area contributed by atoms with E-state index in [-0.39, 0.29) is 11.6 Å². The highest BCUT2D eigenvalue weighted by molar-refractivity contribution is 7.07. The lowest BCUT2D eigenvalue weighted by molar-refractivity contribution is 0.102. The molecule has 0 aliphatic heterocycles. The third-order valence-electron chi connectivity index (χ3n) is 4.77. The average Bonchev–Trinajstić information content (AvgIpc) is 3.00. The number of fused-ring (bicyclic) bond motifs is 1. The number of anilines is 1. The van der Waals surface area contributed by atoms with Gasteiger partial charge in [0.2, 0.25) is 0 Å². The van der Waals surface area contributed by atoms with Crippen molar-refractivity contribution in [3.05, 3.63) is 87.0 Å². The molecule has 0 unspecified atom stereocenters. The van der Waals surface area contributed by atoms with Crippen LogP contribution in [0.3, 0.4) is 0 Å². The lowest BCUT2D eigenvalue weighted by atomic mass is 10.1. The van der Waals surface area contributed by atoms with E-state index in [9.17, 15) is 4.79 Å². The zero-order valence-corrected chi connectivity index (χ0v) is 19.6. The van der Waals surface area contributed by atoms with E-state index in [1.807, 2.05) is 86.3 Å². The summed E-state index contributed by atoms with van der Waals surface area (Å²) in [5.74, 6) is -0.325. The first kappa shape index (κ1) is 23.1. The summed E-state index contributed by atoms with van der Waals surface area (Å²) in [6, 6.07) is 7.47. The van der Waals surface area contributed by atoms with Crippen LogP contribution in [0.1, 0.15) is 42.0 Å². The second-order valence-electron chi connectivity index (χ2n) is 6.84. The number of thiazole rings is 1. The Morgan fingerprint density at radius 1 is 1.25 bits per heavy atom. The summed E-state index contributed by atoms with van der Waals surface area (Å²) >= 11 is 1.55. The molecule has 6 nitrogen and oxygen atoms in total. The largest absolute Gasteiger partial charge is 0.324 e. The highest BCUT2D eigenvalue weighted by Gasteiger charge is 2.13. The van der Waals surface area contributed by atoms with Crippen LogP contribution >= 0.6 is 11.3 Å². The summed E-state index contributed by atoms with van der Waals surface area (Å²) in [5, 5.41) is 6.44. The summed E-state index contributed by atoms with van der Waals surface area (Å²) in [4.78, 5) is 27.2. The van der Waals surface area contributed by atoms with Crippen molar-refractivity contribution in [3.63, 3.8) is 0 Å². The average molecular weight is 446 g/mol. The number of carbonyl (C=O) groups is 1. The number of para-hydroxylation sites is 1. The lowest BCUT2D eigenvalue weighted by Gasteiger charge is -2.10. The van der Waals surface area contributed by atoms with E-state index < -0.39 is 0 Å². The molecule has 4 rings (SSSR count). The van der Waals surface area contributed by atoms with Gasteiger partial charge in [0.1, 0.15) is 5.69 Å². The third-order valence-corrected chi connectivity index (χ3v) is 5.80. The Morgan fingerprint density at radius 3 is 2.78 bits per heavy atom. The van der Waals surface area contributed by atoms with E-state index >= 15 is 0 Å². The van der Waals surface area contributed by atoms with Crippen LogP contribution in [0.4, 0.5) is 5.69 Å². The van der Waals surface area contributed by atoms with Crippen molar-refractivity contribution in [1.82, 2.24) is 14.5 Å². The van der Waals surface area contributed by atoms with Crippen molar-refractivity contribution in [1.29, 1.82) is 0 Å². The van der Waals surface area contributed by atoms with Crippen LogP contribution in [0.2, 0.25) is 0 Å². The summed E-state index contributed by atoms with van der Waals surface area (Å²) in [6.45, 7) is 10.1. The Hall–Kier alpha value is -3.58. The number of hydrogen-bond acceptors (Lipinski definition) is 5. The molecule has 0 fully saturated rings. The lowest BCUT2D eigenvalue weighted by Crippen LogP contribution is -2.33. The van der Waals surface area contributed by atoms with Crippen LogP contribution in [0.15, 0.2) is 59.6 Å². The molecule has 164 valence electrons. The Kier molecular flexibility index (Phi) is 7.68. The molecule has 1 aliphatic carbocycles. The number of nitrogens with one attached hydrogen (secondary N) is 1.